The molecule has 1 heterocycles. The molecule has 7 nitrogen and oxygen atoms in total. The molecule has 3 aromatic rings. The highest BCUT2D eigenvalue weighted by Crippen LogP contribution is 2.21. The molecule has 0 saturated heterocycles. The maximum atomic E-state index is 12.2. The molecule has 1 atom stereocenters. The zero-order valence-electron chi connectivity index (χ0n) is 15.5. The molecule has 3 N–H and O–H groups in total. The fourth-order valence-electron chi connectivity index (χ4n) is 2.45. The summed E-state index contributed by atoms with van der Waals surface area (Å²) in [7, 11) is 0. The SMILES string of the molecule is CC(Oc1ccc2ccccc2c1)C(=O)NNC(=S)NC(=O)C=Cc1ccco1. The second-order valence-corrected chi connectivity index (χ2v) is 6.46. The van der Waals surface area contributed by atoms with Gasteiger partial charge in [0, 0.05) is 6.08 Å². The van der Waals surface area contributed by atoms with E-state index in [1.807, 2.05) is 36.4 Å². The Morgan fingerprint density at radius 1 is 1.07 bits per heavy atom. The molecule has 0 radical (unpaired) electrons. The zero-order chi connectivity index (χ0) is 20.6. The second kappa shape index (κ2) is 9.52. The van der Waals surface area contributed by atoms with Crippen LogP contribution in [-0.2, 0) is 9.59 Å². The van der Waals surface area contributed by atoms with Gasteiger partial charge in [-0.1, -0.05) is 30.3 Å². The predicted molar refractivity (Wildman–Crippen MR) is 114 cm³/mol. The molecule has 2 aromatic carbocycles. The van der Waals surface area contributed by atoms with E-state index in [0.29, 0.717) is 11.5 Å². The van der Waals surface area contributed by atoms with Crippen molar-refractivity contribution in [3.63, 3.8) is 0 Å². The van der Waals surface area contributed by atoms with Gasteiger partial charge in [-0.15, -0.1) is 0 Å². The lowest BCUT2D eigenvalue weighted by Crippen LogP contribution is -2.51. The molecule has 2 amide bonds. The number of carbonyl (C=O) groups excluding carboxylic acids is 2. The highest BCUT2D eigenvalue weighted by Gasteiger charge is 2.15. The van der Waals surface area contributed by atoms with Crippen molar-refractivity contribution < 1.29 is 18.7 Å². The van der Waals surface area contributed by atoms with Crippen molar-refractivity contribution in [2.24, 2.45) is 0 Å². The predicted octanol–water partition coefficient (Wildman–Crippen LogP) is 2.94. The van der Waals surface area contributed by atoms with E-state index in [1.165, 1.54) is 18.4 Å². The van der Waals surface area contributed by atoms with E-state index in [4.69, 9.17) is 21.4 Å². The average molecular weight is 409 g/mol. The van der Waals surface area contributed by atoms with Crippen LogP contribution in [0.4, 0.5) is 0 Å². The van der Waals surface area contributed by atoms with E-state index in [0.717, 1.165) is 10.8 Å². The van der Waals surface area contributed by atoms with Crippen molar-refractivity contribution in [3.05, 3.63) is 72.7 Å². The van der Waals surface area contributed by atoms with Gasteiger partial charge in [-0.2, -0.15) is 0 Å². The first-order valence-electron chi connectivity index (χ1n) is 8.79. The summed E-state index contributed by atoms with van der Waals surface area (Å²) in [6, 6.07) is 16.9. The van der Waals surface area contributed by atoms with Gasteiger partial charge in [0.1, 0.15) is 11.5 Å². The topological polar surface area (TPSA) is 92.6 Å². The van der Waals surface area contributed by atoms with Crippen LogP contribution in [0.25, 0.3) is 16.8 Å². The van der Waals surface area contributed by atoms with E-state index in [9.17, 15) is 9.59 Å². The van der Waals surface area contributed by atoms with Crippen LogP contribution in [0.15, 0.2) is 71.4 Å². The van der Waals surface area contributed by atoms with Crippen molar-refractivity contribution in [1.29, 1.82) is 0 Å². The van der Waals surface area contributed by atoms with Gasteiger partial charge in [-0.05, 0) is 60.3 Å². The maximum absolute atomic E-state index is 12.2. The quantitative estimate of drug-likeness (QED) is 0.341. The number of nitrogens with one attached hydrogen (secondary N) is 3. The van der Waals surface area contributed by atoms with Gasteiger partial charge in [0.15, 0.2) is 11.2 Å². The Morgan fingerprint density at radius 2 is 1.86 bits per heavy atom. The summed E-state index contributed by atoms with van der Waals surface area (Å²) in [4.78, 5) is 24.0. The fraction of sp³-hybridized carbons (Fsp3) is 0.0952. The number of hydrogen-bond acceptors (Lipinski definition) is 5. The molecule has 0 spiro atoms. The van der Waals surface area contributed by atoms with E-state index < -0.39 is 17.9 Å². The number of carbonyl (C=O) groups is 2. The van der Waals surface area contributed by atoms with Gasteiger partial charge < -0.3 is 9.15 Å². The van der Waals surface area contributed by atoms with Gasteiger partial charge in [0.25, 0.3) is 5.91 Å². The minimum absolute atomic E-state index is 0.0506. The van der Waals surface area contributed by atoms with Crippen LogP contribution in [0.5, 0.6) is 5.75 Å². The highest BCUT2D eigenvalue weighted by molar-refractivity contribution is 7.80. The van der Waals surface area contributed by atoms with E-state index in [2.05, 4.69) is 16.2 Å². The Bertz CT molecular complexity index is 1050. The summed E-state index contributed by atoms with van der Waals surface area (Å²) in [5, 5.41) is 4.45. The first-order valence-corrected chi connectivity index (χ1v) is 9.20. The highest BCUT2D eigenvalue weighted by atomic mass is 32.1. The molecule has 29 heavy (non-hydrogen) atoms. The van der Waals surface area contributed by atoms with Crippen LogP contribution in [0.2, 0.25) is 0 Å². The number of fused-ring (bicyclic) bond motifs is 1. The van der Waals surface area contributed by atoms with Crippen molar-refractivity contribution >= 4 is 46.0 Å². The molecule has 0 fully saturated rings. The number of thiocarbonyl (C=S) groups is 1. The molecule has 1 unspecified atom stereocenters. The van der Waals surface area contributed by atoms with Crippen molar-refractivity contribution in [3.8, 4) is 5.75 Å². The molecule has 8 heteroatoms. The molecule has 3 rings (SSSR count). The lowest BCUT2D eigenvalue weighted by atomic mass is 10.1. The summed E-state index contributed by atoms with van der Waals surface area (Å²) < 4.78 is 10.8. The number of furan rings is 1. The number of amides is 2. The zero-order valence-corrected chi connectivity index (χ0v) is 16.4. The van der Waals surface area contributed by atoms with Crippen molar-refractivity contribution in [2.75, 3.05) is 0 Å². The smallest absolute Gasteiger partial charge is 0.279 e. The van der Waals surface area contributed by atoms with E-state index in [-0.39, 0.29) is 5.11 Å². The number of hydrogen-bond donors (Lipinski definition) is 3. The lowest BCUT2D eigenvalue weighted by Gasteiger charge is -2.16. The normalized spacial score (nSPS) is 11.8. The molecule has 0 aliphatic heterocycles. The number of ether oxygens (including phenoxy) is 1. The third-order valence-electron chi connectivity index (χ3n) is 3.88. The molecular weight excluding hydrogens is 390 g/mol. The maximum Gasteiger partial charge on any atom is 0.279 e. The Labute approximate surface area is 172 Å². The van der Waals surface area contributed by atoms with Crippen LogP contribution in [-0.4, -0.2) is 23.0 Å². The van der Waals surface area contributed by atoms with Crippen LogP contribution < -0.4 is 20.9 Å². The fourth-order valence-corrected chi connectivity index (χ4v) is 2.60. The monoisotopic (exact) mass is 409 g/mol. The minimum Gasteiger partial charge on any atom is -0.481 e. The Kier molecular flexibility index (Phi) is 6.59. The van der Waals surface area contributed by atoms with Gasteiger partial charge in [-0.3, -0.25) is 25.8 Å². The first kappa shape index (κ1) is 20.1. The molecule has 0 aliphatic carbocycles. The van der Waals surface area contributed by atoms with E-state index >= 15 is 0 Å². The van der Waals surface area contributed by atoms with Crippen molar-refractivity contribution in [2.45, 2.75) is 13.0 Å². The summed E-state index contributed by atoms with van der Waals surface area (Å²) >= 11 is 4.98. The molecular formula is C21H19N3O4S. The Hall–Kier alpha value is -3.65. The Morgan fingerprint density at radius 3 is 2.62 bits per heavy atom. The molecule has 0 aliphatic rings. The number of benzene rings is 2. The first-order chi connectivity index (χ1) is 14.0. The van der Waals surface area contributed by atoms with E-state index in [1.54, 1.807) is 25.1 Å². The number of rotatable bonds is 5. The van der Waals surface area contributed by atoms with Crippen LogP contribution in [0.1, 0.15) is 12.7 Å². The van der Waals surface area contributed by atoms with Crippen LogP contribution in [0, 0.1) is 0 Å². The number of hydrazine groups is 1. The summed E-state index contributed by atoms with van der Waals surface area (Å²) in [6.07, 6.45) is 3.48. The molecule has 148 valence electrons. The van der Waals surface area contributed by atoms with Gasteiger partial charge in [-0.25, -0.2) is 0 Å². The molecule has 0 bridgehead atoms. The largest absolute Gasteiger partial charge is 0.481 e. The summed E-state index contributed by atoms with van der Waals surface area (Å²) in [5.41, 5.74) is 4.87. The summed E-state index contributed by atoms with van der Waals surface area (Å²) in [6.45, 7) is 1.61. The van der Waals surface area contributed by atoms with Gasteiger partial charge in [0.2, 0.25) is 5.91 Å². The Balaban J connectivity index is 1.45. The van der Waals surface area contributed by atoms with Gasteiger partial charge >= 0.3 is 0 Å². The molecule has 0 saturated carbocycles. The van der Waals surface area contributed by atoms with Crippen molar-refractivity contribution in [1.82, 2.24) is 16.2 Å². The van der Waals surface area contributed by atoms with Crippen LogP contribution >= 0.6 is 12.2 Å². The summed E-state index contributed by atoms with van der Waals surface area (Å²) in [5.74, 6) is 0.201. The third kappa shape index (κ3) is 5.91. The molecule has 1 aromatic heterocycles. The third-order valence-corrected chi connectivity index (χ3v) is 4.09. The van der Waals surface area contributed by atoms with Gasteiger partial charge in [0.05, 0.1) is 6.26 Å². The second-order valence-electron chi connectivity index (χ2n) is 6.05. The lowest BCUT2D eigenvalue weighted by molar-refractivity contribution is -0.128. The standard InChI is InChI=1S/C21H19N3O4S/c1-14(28-18-9-8-15-5-2-3-6-16(15)13-18)20(26)23-24-21(29)22-19(25)11-10-17-7-4-12-27-17/h2-14H,1H3,(H,23,26)(H2,22,24,25,29). The van der Waals surface area contributed by atoms with Crippen LogP contribution in [0.3, 0.4) is 0 Å². The minimum atomic E-state index is -0.777. The average Bonchev–Trinajstić information content (AvgIpc) is 3.24.